The third-order valence-electron chi connectivity index (χ3n) is 3.21. The zero-order chi connectivity index (χ0) is 15.4. The van der Waals surface area contributed by atoms with Crippen molar-refractivity contribution in [1.82, 2.24) is 5.32 Å². The van der Waals surface area contributed by atoms with Gasteiger partial charge < -0.3 is 15.2 Å². The normalized spacial score (nSPS) is 17.4. The first-order chi connectivity index (χ1) is 9.97. The number of carbonyl (C=O) groups excluding carboxylic acids is 1. The summed E-state index contributed by atoms with van der Waals surface area (Å²) in [6, 6.07) is 3.10. The maximum atomic E-state index is 12.0. The van der Waals surface area contributed by atoms with Gasteiger partial charge in [0, 0.05) is 36.8 Å². The van der Waals surface area contributed by atoms with Crippen molar-refractivity contribution < 1.29 is 24.4 Å². The molecule has 21 heavy (non-hydrogen) atoms. The smallest absolute Gasteiger partial charge is 0.335 e. The topological polar surface area (TPSA) is 119 Å². The average Bonchev–Trinajstić information content (AvgIpc) is 2.97. The summed E-state index contributed by atoms with van der Waals surface area (Å²) in [6.07, 6.45) is 0.843. The number of hydrogen-bond acceptors (Lipinski definition) is 5. The Kier molecular flexibility index (Phi) is 4.49. The molecule has 0 spiro atoms. The van der Waals surface area contributed by atoms with Gasteiger partial charge in [0.25, 0.3) is 11.6 Å². The Labute approximate surface area is 119 Å². The van der Waals surface area contributed by atoms with E-state index in [9.17, 15) is 19.7 Å². The number of hydrogen-bond donors (Lipinski definition) is 2. The lowest BCUT2D eigenvalue weighted by Gasteiger charge is -2.09. The Balaban J connectivity index is 2.14. The number of carboxylic acids is 1. The number of non-ortho nitro benzene ring substituents is 1. The number of ether oxygens (including phenoxy) is 1. The molecule has 0 saturated carbocycles. The Hall–Kier alpha value is -2.48. The van der Waals surface area contributed by atoms with Crippen molar-refractivity contribution in [2.45, 2.75) is 6.42 Å². The number of carbonyl (C=O) groups is 2. The van der Waals surface area contributed by atoms with Crippen LogP contribution < -0.4 is 5.32 Å². The van der Waals surface area contributed by atoms with Gasteiger partial charge in [-0.3, -0.25) is 14.9 Å². The van der Waals surface area contributed by atoms with E-state index in [-0.39, 0.29) is 17.0 Å². The molecule has 8 heteroatoms. The standard InChI is InChI=1S/C13H14N2O6/c16-12(14-6-8-1-2-21-7-8)9-3-10(13(17)18)5-11(4-9)15(19)20/h3-5,8H,1-2,6-7H2,(H,14,16)(H,17,18). The lowest BCUT2D eigenvalue weighted by molar-refractivity contribution is -0.384. The molecule has 1 amide bonds. The van der Waals surface area contributed by atoms with Gasteiger partial charge in [0.2, 0.25) is 0 Å². The summed E-state index contributed by atoms with van der Waals surface area (Å²) < 4.78 is 5.18. The lowest BCUT2D eigenvalue weighted by Crippen LogP contribution is -2.29. The largest absolute Gasteiger partial charge is 0.478 e. The van der Waals surface area contributed by atoms with E-state index in [0.29, 0.717) is 19.8 Å². The third kappa shape index (κ3) is 3.76. The summed E-state index contributed by atoms with van der Waals surface area (Å²) >= 11 is 0. The van der Waals surface area contributed by atoms with Crippen LogP contribution in [0.25, 0.3) is 0 Å². The van der Waals surface area contributed by atoms with E-state index in [1.165, 1.54) is 0 Å². The first kappa shape index (κ1) is 14.9. The molecule has 1 unspecified atom stereocenters. The van der Waals surface area contributed by atoms with Gasteiger partial charge in [-0.2, -0.15) is 0 Å². The lowest BCUT2D eigenvalue weighted by atomic mass is 10.1. The van der Waals surface area contributed by atoms with Crippen LogP contribution in [0.2, 0.25) is 0 Å². The number of amides is 1. The highest BCUT2D eigenvalue weighted by atomic mass is 16.6. The minimum absolute atomic E-state index is 0.0412. The van der Waals surface area contributed by atoms with Crippen molar-refractivity contribution in [3.8, 4) is 0 Å². The number of aromatic carboxylic acids is 1. The van der Waals surface area contributed by atoms with Crippen molar-refractivity contribution in [3.05, 3.63) is 39.4 Å². The molecule has 8 nitrogen and oxygen atoms in total. The number of nitro benzene ring substituents is 1. The van der Waals surface area contributed by atoms with Crippen molar-refractivity contribution >= 4 is 17.6 Å². The number of nitrogens with zero attached hydrogens (tertiary/aromatic N) is 1. The second kappa shape index (κ2) is 6.31. The first-order valence-corrected chi connectivity index (χ1v) is 6.36. The Bertz CT molecular complexity index is 548. The minimum Gasteiger partial charge on any atom is -0.478 e. The van der Waals surface area contributed by atoms with Crippen LogP contribution in [0.1, 0.15) is 27.1 Å². The molecule has 1 heterocycles. The van der Waals surface area contributed by atoms with E-state index in [0.717, 1.165) is 24.6 Å². The van der Waals surface area contributed by atoms with Gasteiger partial charge in [-0.15, -0.1) is 0 Å². The zero-order valence-corrected chi connectivity index (χ0v) is 11.1. The number of nitrogens with one attached hydrogen (secondary N) is 1. The number of nitro groups is 1. The van der Waals surface area contributed by atoms with Crippen LogP contribution in [0, 0.1) is 16.0 Å². The van der Waals surface area contributed by atoms with E-state index in [4.69, 9.17) is 9.84 Å². The maximum absolute atomic E-state index is 12.0. The molecular formula is C13H14N2O6. The highest BCUT2D eigenvalue weighted by Gasteiger charge is 2.20. The summed E-state index contributed by atoms with van der Waals surface area (Å²) in [7, 11) is 0. The van der Waals surface area contributed by atoms with Crippen LogP contribution in [0.3, 0.4) is 0 Å². The van der Waals surface area contributed by atoms with Gasteiger partial charge in [-0.25, -0.2) is 4.79 Å². The Morgan fingerprint density at radius 3 is 2.67 bits per heavy atom. The summed E-state index contributed by atoms with van der Waals surface area (Å²) in [5, 5.41) is 22.3. The Morgan fingerprint density at radius 2 is 2.10 bits per heavy atom. The van der Waals surface area contributed by atoms with Crippen molar-refractivity contribution in [2.75, 3.05) is 19.8 Å². The van der Waals surface area contributed by atoms with Gasteiger partial charge in [-0.1, -0.05) is 0 Å². The van der Waals surface area contributed by atoms with Crippen LogP contribution >= 0.6 is 0 Å². The van der Waals surface area contributed by atoms with E-state index >= 15 is 0 Å². The van der Waals surface area contributed by atoms with Crippen molar-refractivity contribution in [3.63, 3.8) is 0 Å². The number of benzene rings is 1. The van der Waals surface area contributed by atoms with E-state index in [1.807, 2.05) is 0 Å². The van der Waals surface area contributed by atoms with Crippen molar-refractivity contribution in [2.24, 2.45) is 5.92 Å². The zero-order valence-electron chi connectivity index (χ0n) is 11.1. The van der Waals surface area contributed by atoms with Crippen LogP contribution in [0.4, 0.5) is 5.69 Å². The molecular weight excluding hydrogens is 280 g/mol. The molecule has 1 aliphatic rings. The SMILES string of the molecule is O=C(O)c1cc(C(=O)NCC2CCOC2)cc([N+](=O)[O-])c1. The summed E-state index contributed by atoms with van der Waals surface area (Å²) in [6.45, 7) is 1.61. The van der Waals surface area contributed by atoms with Crippen LogP contribution in [-0.2, 0) is 4.74 Å². The fourth-order valence-corrected chi connectivity index (χ4v) is 2.05. The first-order valence-electron chi connectivity index (χ1n) is 6.36. The second-order valence-electron chi connectivity index (χ2n) is 4.77. The molecule has 2 rings (SSSR count). The summed E-state index contributed by atoms with van der Waals surface area (Å²) in [5.41, 5.74) is -0.761. The van der Waals surface area contributed by atoms with Gasteiger partial charge >= 0.3 is 5.97 Å². The van der Waals surface area contributed by atoms with E-state index in [1.54, 1.807) is 0 Å². The van der Waals surface area contributed by atoms with E-state index < -0.39 is 22.5 Å². The van der Waals surface area contributed by atoms with Crippen LogP contribution in [0.15, 0.2) is 18.2 Å². The van der Waals surface area contributed by atoms with E-state index in [2.05, 4.69) is 5.32 Å². The molecule has 1 aromatic rings. The van der Waals surface area contributed by atoms with Crippen LogP contribution in [0.5, 0.6) is 0 Å². The quantitative estimate of drug-likeness (QED) is 0.619. The molecule has 1 fully saturated rings. The second-order valence-corrected chi connectivity index (χ2v) is 4.77. The highest BCUT2D eigenvalue weighted by Crippen LogP contribution is 2.18. The molecule has 1 saturated heterocycles. The minimum atomic E-state index is -1.32. The predicted molar refractivity (Wildman–Crippen MR) is 71.3 cm³/mol. The maximum Gasteiger partial charge on any atom is 0.335 e. The van der Waals surface area contributed by atoms with Crippen molar-refractivity contribution in [1.29, 1.82) is 0 Å². The number of carboxylic acid groups (broad SMARTS) is 1. The number of rotatable bonds is 5. The van der Waals surface area contributed by atoms with Gasteiger partial charge in [0.1, 0.15) is 0 Å². The third-order valence-corrected chi connectivity index (χ3v) is 3.21. The molecule has 0 aliphatic carbocycles. The van der Waals surface area contributed by atoms with Gasteiger partial charge in [0.15, 0.2) is 0 Å². The monoisotopic (exact) mass is 294 g/mol. The molecule has 0 radical (unpaired) electrons. The average molecular weight is 294 g/mol. The predicted octanol–water partition coefficient (Wildman–Crippen LogP) is 1.06. The molecule has 0 aromatic heterocycles. The van der Waals surface area contributed by atoms with Crippen LogP contribution in [-0.4, -0.2) is 41.7 Å². The summed E-state index contributed by atoms with van der Waals surface area (Å²) in [4.78, 5) is 33.0. The molecule has 2 N–H and O–H groups in total. The highest BCUT2D eigenvalue weighted by molar-refractivity contribution is 5.98. The van der Waals surface area contributed by atoms with Gasteiger partial charge in [0.05, 0.1) is 17.1 Å². The summed E-state index contributed by atoms with van der Waals surface area (Å²) in [5.74, 6) is -1.64. The fourth-order valence-electron chi connectivity index (χ4n) is 2.05. The molecule has 1 aliphatic heterocycles. The molecule has 112 valence electrons. The molecule has 0 bridgehead atoms. The molecule has 1 aromatic carbocycles. The Morgan fingerprint density at radius 1 is 1.38 bits per heavy atom. The van der Waals surface area contributed by atoms with Gasteiger partial charge in [-0.05, 0) is 12.5 Å². The molecule has 1 atom stereocenters. The fraction of sp³-hybridized carbons (Fsp3) is 0.385.